The zero-order valence-corrected chi connectivity index (χ0v) is 11.0. The second-order valence-electron chi connectivity index (χ2n) is 4.58. The van der Waals surface area contributed by atoms with Gasteiger partial charge in [0.25, 0.3) is 0 Å². The highest BCUT2D eigenvalue weighted by Gasteiger charge is 2.18. The number of hydrogen-bond donors (Lipinski definition) is 2. The summed E-state index contributed by atoms with van der Waals surface area (Å²) in [6.07, 6.45) is 0. The Morgan fingerprint density at radius 1 is 1.44 bits per heavy atom. The highest BCUT2D eigenvalue weighted by molar-refractivity contribution is 5.81. The Hall–Kier alpha value is -0.650. The van der Waals surface area contributed by atoms with Crippen LogP contribution in [0.5, 0.6) is 0 Å². The number of ether oxygens (including phenoxy) is 1. The number of rotatable bonds is 7. The summed E-state index contributed by atoms with van der Waals surface area (Å²) in [4.78, 5) is 13.7. The molecule has 0 saturated carbocycles. The second kappa shape index (κ2) is 7.60. The van der Waals surface area contributed by atoms with Crippen LogP contribution in [0.3, 0.4) is 0 Å². The van der Waals surface area contributed by atoms with Crippen molar-refractivity contribution >= 4 is 5.91 Å². The Labute approximate surface area is 98.3 Å². The van der Waals surface area contributed by atoms with E-state index < -0.39 is 6.04 Å². The molecule has 5 nitrogen and oxygen atoms in total. The number of nitrogens with two attached hydrogens (primary N) is 1. The van der Waals surface area contributed by atoms with Crippen molar-refractivity contribution in [2.24, 2.45) is 11.7 Å². The third-order valence-corrected chi connectivity index (χ3v) is 2.60. The van der Waals surface area contributed by atoms with Crippen LogP contribution >= 0.6 is 0 Å². The largest absolute Gasteiger partial charge is 0.383 e. The molecule has 0 rings (SSSR count). The van der Waals surface area contributed by atoms with E-state index in [1.54, 1.807) is 0 Å². The molecule has 16 heavy (non-hydrogen) atoms. The van der Waals surface area contributed by atoms with Crippen molar-refractivity contribution in [3.8, 4) is 0 Å². The summed E-state index contributed by atoms with van der Waals surface area (Å²) in [5.41, 5.74) is 5.62. The van der Waals surface area contributed by atoms with Gasteiger partial charge < -0.3 is 20.7 Å². The molecule has 0 heterocycles. The highest BCUT2D eigenvalue weighted by Crippen LogP contribution is 2.05. The van der Waals surface area contributed by atoms with Gasteiger partial charge in [-0.2, -0.15) is 0 Å². The van der Waals surface area contributed by atoms with E-state index >= 15 is 0 Å². The summed E-state index contributed by atoms with van der Waals surface area (Å²) in [7, 11) is 5.54. The first-order valence-electron chi connectivity index (χ1n) is 5.58. The van der Waals surface area contributed by atoms with Crippen molar-refractivity contribution in [1.82, 2.24) is 10.2 Å². The molecule has 5 heteroatoms. The van der Waals surface area contributed by atoms with Crippen molar-refractivity contribution in [3.63, 3.8) is 0 Å². The number of nitrogens with one attached hydrogen (secondary N) is 1. The lowest BCUT2D eigenvalue weighted by Gasteiger charge is -2.28. The molecule has 96 valence electrons. The van der Waals surface area contributed by atoms with Crippen LogP contribution in [0.15, 0.2) is 0 Å². The Balaban J connectivity index is 4.06. The van der Waals surface area contributed by atoms with Gasteiger partial charge in [0, 0.05) is 19.7 Å². The minimum Gasteiger partial charge on any atom is -0.383 e. The van der Waals surface area contributed by atoms with E-state index in [1.807, 2.05) is 14.1 Å². The molecule has 0 saturated heterocycles. The topological polar surface area (TPSA) is 67.6 Å². The van der Waals surface area contributed by atoms with E-state index in [0.29, 0.717) is 18.5 Å². The highest BCUT2D eigenvalue weighted by atomic mass is 16.5. The van der Waals surface area contributed by atoms with Crippen LogP contribution in [0.25, 0.3) is 0 Å². The van der Waals surface area contributed by atoms with E-state index in [-0.39, 0.29) is 12.5 Å². The van der Waals surface area contributed by atoms with Gasteiger partial charge in [-0.1, -0.05) is 13.8 Å². The molecule has 0 aromatic heterocycles. The van der Waals surface area contributed by atoms with Crippen LogP contribution in [0.1, 0.15) is 13.8 Å². The summed E-state index contributed by atoms with van der Waals surface area (Å²) in [5, 5.41) is 2.84. The summed E-state index contributed by atoms with van der Waals surface area (Å²) < 4.78 is 4.83. The van der Waals surface area contributed by atoms with Crippen molar-refractivity contribution in [1.29, 1.82) is 0 Å². The van der Waals surface area contributed by atoms with Gasteiger partial charge in [0.05, 0.1) is 6.61 Å². The average molecular weight is 231 g/mol. The molecular formula is C11H25N3O2. The first-order chi connectivity index (χ1) is 7.40. The van der Waals surface area contributed by atoms with Crippen molar-refractivity contribution in [3.05, 3.63) is 0 Å². The van der Waals surface area contributed by atoms with Crippen LogP contribution in [0.4, 0.5) is 0 Å². The molecule has 0 aromatic rings. The third-order valence-electron chi connectivity index (χ3n) is 2.60. The number of carbonyl (C=O) groups excluding carboxylic acids is 1. The van der Waals surface area contributed by atoms with Crippen LogP contribution < -0.4 is 11.1 Å². The molecule has 0 aliphatic carbocycles. The molecule has 0 bridgehead atoms. The van der Waals surface area contributed by atoms with Gasteiger partial charge in [-0.05, 0) is 20.0 Å². The maximum Gasteiger partial charge on any atom is 0.239 e. The van der Waals surface area contributed by atoms with E-state index in [4.69, 9.17) is 10.5 Å². The van der Waals surface area contributed by atoms with Crippen LogP contribution in [-0.4, -0.2) is 57.2 Å². The van der Waals surface area contributed by atoms with Crippen molar-refractivity contribution < 1.29 is 9.53 Å². The predicted molar refractivity (Wildman–Crippen MR) is 65.2 cm³/mol. The van der Waals surface area contributed by atoms with Gasteiger partial charge in [-0.3, -0.25) is 4.79 Å². The van der Waals surface area contributed by atoms with Crippen molar-refractivity contribution in [2.75, 3.05) is 34.4 Å². The van der Waals surface area contributed by atoms with Gasteiger partial charge in [0.2, 0.25) is 5.91 Å². The number of amides is 1. The molecule has 0 fully saturated rings. The van der Waals surface area contributed by atoms with Gasteiger partial charge >= 0.3 is 0 Å². The Morgan fingerprint density at radius 3 is 2.38 bits per heavy atom. The lowest BCUT2D eigenvalue weighted by molar-refractivity contribution is -0.123. The molecule has 0 aromatic carbocycles. The number of carbonyl (C=O) groups is 1. The lowest BCUT2D eigenvalue weighted by atomic mass is 10.0. The molecule has 0 spiro atoms. The van der Waals surface area contributed by atoms with Crippen LogP contribution in [-0.2, 0) is 9.53 Å². The fourth-order valence-corrected chi connectivity index (χ4v) is 1.61. The zero-order valence-electron chi connectivity index (χ0n) is 11.0. The zero-order chi connectivity index (χ0) is 12.7. The Morgan fingerprint density at radius 2 is 2.00 bits per heavy atom. The minimum atomic E-state index is -0.583. The van der Waals surface area contributed by atoms with E-state index in [1.165, 1.54) is 7.11 Å². The van der Waals surface area contributed by atoms with Gasteiger partial charge in [-0.25, -0.2) is 0 Å². The normalized spacial score (nSPS) is 15.2. The first-order valence-corrected chi connectivity index (χ1v) is 5.58. The number of methoxy groups -OCH3 is 1. The fraction of sp³-hybridized carbons (Fsp3) is 0.909. The van der Waals surface area contributed by atoms with Crippen LogP contribution in [0.2, 0.25) is 0 Å². The monoisotopic (exact) mass is 231 g/mol. The number of likely N-dealkylation sites (N-methyl/N-ethyl adjacent to an activating group) is 1. The first kappa shape index (κ1) is 15.3. The Kier molecular flexibility index (Phi) is 7.29. The molecule has 0 aliphatic heterocycles. The van der Waals surface area contributed by atoms with Gasteiger partial charge in [0.15, 0.2) is 0 Å². The SMILES string of the molecule is COCC(N)C(=O)NCC(C(C)C)N(C)C. The van der Waals surface area contributed by atoms with E-state index in [9.17, 15) is 4.79 Å². The predicted octanol–water partition coefficient (Wildman–Crippen LogP) is -0.337. The molecule has 0 aliphatic rings. The van der Waals surface area contributed by atoms with Crippen molar-refractivity contribution in [2.45, 2.75) is 25.9 Å². The maximum absolute atomic E-state index is 11.5. The molecule has 2 atom stereocenters. The fourth-order valence-electron chi connectivity index (χ4n) is 1.61. The summed E-state index contributed by atoms with van der Waals surface area (Å²) in [5.74, 6) is 0.322. The quantitative estimate of drug-likeness (QED) is 0.629. The lowest BCUT2D eigenvalue weighted by Crippen LogP contribution is -2.49. The molecule has 3 N–H and O–H groups in total. The summed E-state index contributed by atoms with van der Waals surface area (Å²) in [6.45, 7) is 5.12. The van der Waals surface area contributed by atoms with Gasteiger partial charge in [0.1, 0.15) is 6.04 Å². The van der Waals surface area contributed by atoms with Crippen LogP contribution in [0, 0.1) is 5.92 Å². The maximum atomic E-state index is 11.5. The smallest absolute Gasteiger partial charge is 0.239 e. The van der Waals surface area contributed by atoms with E-state index in [2.05, 4.69) is 24.1 Å². The van der Waals surface area contributed by atoms with Gasteiger partial charge in [-0.15, -0.1) is 0 Å². The minimum absolute atomic E-state index is 0.158. The average Bonchev–Trinajstić information content (AvgIpc) is 2.16. The molecule has 0 radical (unpaired) electrons. The second-order valence-corrected chi connectivity index (χ2v) is 4.58. The number of hydrogen-bond acceptors (Lipinski definition) is 4. The van der Waals surface area contributed by atoms with E-state index in [0.717, 1.165) is 0 Å². The summed E-state index contributed by atoms with van der Waals surface area (Å²) in [6, 6.07) is -0.265. The third kappa shape index (κ3) is 5.44. The molecule has 2 unspecified atom stereocenters. The summed E-state index contributed by atoms with van der Waals surface area (Å²) >= 11 is 0. The Bertz CT molecular complexity index is 199. The molecule has 1 amide bonds. The standard InChI is InChI=1S/C11H25N3O2/c1-8(2)10(14(3)4)6-13-11(15)9(12)7-16-5/h8-10H,6-7,12H2,1-5H3,(H,13,15). The molecular weight excluding hydrogens is 206 g/mol. The number of nitrogens with zero attached hydrogens (tertiary/aromatic N) is 1.